The molecule has 2 aromatic heterocycles. The zero-order valence-electron chi connectivity index (χ0n) is 16.9. The van der Waals surface area contributed by atoms with Crippen LogP contribution in [-0.2, 0) is 17.8 Å². The molecule has 158 valence electrons. The van der Waals surface area contributed by atoms with Gasteiger partial charge in [0.05, 0.1) is 6.54 Å². The van der Waals surface area contributed by atoms with Crippen LogP contribution in [0.15, 0.2) is 60.8 Å². The van der Waals surface area contributed by atoms with E-state index in [0.29, 0.717) is 16.9 Å². The number of fused-ring (bicyclic) bond motifs is 1. The summed E-state index contributed by atoms with van der Waals surface area (Å²) in [6.07, 6.45) is 1.94. The van der Waals surface area contributed by atoms with Gasteiger partial charge in [-0.05, 0) is 54.8 Å². The van der Waals surface area contributed by atoms with E-state index in [2.05, 4.69) is 10.3 Å². The van der Waals surface area contributed by atoms with Crippen LogP contribution in [0.1, 0.15) is 23.2 Å². The van der Waals surface area contributed by atoms with Gasteiger partial charge in [0, 0.05) is 29.1 Å². The van der Waals surface area contributed by atoms with Crippen LogP contribution in [0, 0.1) is 18.6 Å². The molecule has 2 aromatic carbocycles. The van der Waals surface area contributed by atoms with Gasteiger partial charge in [0.1, 0.15) is 17.5 Å². The molecule has 0 aliphatic heterocycles. The lowest BCUT2D eigenvalue weighted by Gasteiger charge is -2.12. The number of rotatable bonds is 6. The summed E-state index contributed by atoms with van der Waals surface area (Å²) in [7, 11) is 0. The Hall–Kier alpha value is -3.74. The SMILES string of the molecule is Cc1ccc(NC(=O)CCc2c3c(F)cccc3c(O)n2Cc2ccc(F)cc2)nc1. The van der Waals surface area contributed by atoms with Crippen LogP contribution in [0.5, 0.6) is 5.88 Å². The number of aromatic hydroxyl groups is 1. The average Bonchev–Trinajstić information content (AvgIpc) is 3.02. The van der Waals surface area contributed by atoms with Crippen molar-refractivity contribution in [1.29, 1.82) is 0 Å². The molecular weight excluding hydrogens is 400 g/mol. The smallest absolute Gasteiger partial charge is 0.225 e. The van der Waals surface area contributed by atoms with Crippen molar-refractivity contribution < 1.29 is 18.7 Å². The Balaban J connectivity index is 1.62. The molecule has 0 saturated carbocycles. The van der Waals surface area contributed by atoms with E-state index in [9.17, 15) is 18.7 Å². The van der Waals surface area contributed by atoms with Gasteiger partial charge in [-0.15, -0.1) is 0 Å². The van der Waals surface area contributed by atoms with Crippen LogP contribution >= 0.6 is 0 Å². The lowest BCUT2D eigenvalue weighted by atomic mass is 10.1. The van der Waals surface area contributed by atoms with Gasteiger partial charge < -0.3 is 15.0 Å². The molecule has 0 aliphatic carbocycles. The minimum Gasteiger partial charge on any atom is -0.494 e. The minimum absolute atomic E-state index is 0.0753. The summed E-state index contributed by atoms with van der Waals surface area (Å²) >= 11 is 0. The van der Waals surface area contributed by atoms with Crippen LogP contribution in [0.4, 0.5) is 14.6 Å². The van der Waals surface area contributed by atoms with Crippen LogP contribution in [0.25, 0.3) is 10.8 Å². The van der Waals surface area contributed by atoms with Crippen molar-refractivity contribution in [2.45, 2.75) is 26.3 Å². The van der Waals surface area contributed by atoms with Gasteiger partial charge in [-0.2, -0.15) is 0 Å². The predicted octanol–water partition coefficient (Wildman–Crippen LogP) is 4.95. The molecule has 7 heteroatoms. The van der Waals surface area contributed by atoms with Crippen molar-refractivity contribution in [2.75, 3.05) is 5.32 Å². The molecule has 2 heterocycles. The van der Waals surface area contributed by atoms with Crippen molar-refractivity contribution in [1.82, 2.24) is 9.55 Å². The molecule has 0 radical (unpaired) electrons. The summed E-state index contributed by atoms with van der Waals surface area (Å²) in [4.78, 5) is 16.6. The fraction of sp³-hybridized carbons (Fsp3) is 0.167. The molecule has 0 saturated heterocycles. The number of hydrogen-bond acceptors (Lipinski definition) is 3. The van der Waals surface area contributed by atoms with Crippen LogP contribution < -0.4 is 5.32 Å². The number of amides is 1. The number of anilines is 1. The number of hydrogen-bond donors (Lipinski definition) is 2. The van der Waals surface area contributed by atoms with Crippen molar-refractivity contribution in [2.24, 2.45) is 0 Å². The topological polar surface area (TPSA) is 67.2 Å². The van der Waals surface area contributed by atoms with Crippen molar-refractivity contribution in [3.63, 3.8) is 0 Å². The summed E-state index contributed by atoms with van der Waals surface area (Å²) < 4.78 is 29.5. The number of nitrogens with one attached hydrogen (secondary N) is 1. The first-order chi connectivity index (χ1) is 14.9. The van der Waals surface area contributed by atoms with E-state index in [1.165, 1.54) is 24.3 Å². The molecule has 0 bridgehead atoms. The van der Waals surface area contributed by atoms with E-state index >= 15 is 0 Å². The summed E-state index contributed by atoms with van der Waals surface area (Å²) in [5.41, 5.74) is 2.22. The number of carbonyl (C=O) groups excluding carboxylic acids is 1. The van der Waals surface area contributed by atoms with E-state index < -0.39 is 5.82 Å². The molecule has 0 unspecified atom stereocenters. The fourth-order valence-electron chi connectivity index (χ4n) is 3.59. The number of benzene rings is 2. The summed E-state index contributed by atoms with van der Waals surface area (Å²) in [6, 6.07) is 13.9. The highest BCUT2D eigenvalue weighted by Crippen LogP contribution is 2.34. The standard InChI is InChI=1S/C24H21F2N3O2/c1-15-5-11-21(27-13-15)28-22(30)12-10-20-23-18(3-2-4-19(23)26)24(31)29(20)14-16-6-8-17(25)9-7-16/h2-9,11,13,31H,10,12,14H2,1H3,(H,27,28,30). The number of nitrogens with zero attached hydrogens (tertiary/aromatic N) is 2. The first-order valence-corrected chi connectivity index (χ1v) is 9.88. The lowest BCUT2D eigenvalue weighted by molar-refractivity contribution is -0.116. The molecule has 5 nitrogen and oxygen atoms in total. The van der Waals surface area contributed by atoms with Crippen molar-refractivity contribution >= 4 is 22.5 Å². The number of aromatic nitrogens is 2. The second-order valence-electron chi connectivity index (χ2n) is 7.41. The summed E-state index contributed by atoms with van der Waals surface area (Å²) in [5, 5.41) is 14.1. The third-order valence-electron chi connectivity index (χ3n) is 5.15. The largest absolute Gasteiger partial charge is 0.494 e. The molecular formula is C24H21F2N3O2. The molecule has 2 N–H and O–H groups in total. The summed E-state index contributed by atoms with van der Waals surface area (Å²) in [5.74, 6) is -0.750. The molecule has 4 rings (SSSR count). The van der Waals surface area contributed by atoms with Gasteiger partial charge in [-0.3, -0.25) is 4.79 Å². The number of carbonyl (C=O) groups is 1. The monoisotopic (exact) mass is 421 g/mol. The van der Waals surface area contributed by atoms with Gasteiger partial charge in [-0.25, -0.2) is 13.8 Å². The van der Waals surface area contributed by atoms with Crippen LogP contribution in [-0.4, -0.2) is 20.6 Å². The Kier molecular flexibility index (Phi) is 5.66. The highest BCUT2D eigenvalue weighted by Gasteiger charge is 2.20. The van der Waals surface area contributed by atoms with E-state index in [-0.39, 0.29) is 42.4 Å². The predicted molar refractivity (Wildman–Crippen MR) is 115 cm³/mol. The van der Waals surface area contributed by atoms with E-state index in [1.807, 2.05) is 13.0 Å². The Morgan fingerprint density at radius 3 is 2.58 bits per heavy atom. The molecule has 0 atom stereocenters. The molecule has 31 heavy (non-hydrogen) atoms. The highest BCUT2D eigenvalue weighted by molar-refractivity contribution is 5.93. The highest BCUT2D eigenvalue weighted by atomic mass is 19.1. The van der Waals surface area contributed by atoms with Gasteiger partial charge in [-0.1, -0.05) is 24.3 Å². The second kappa shape index (κ2) is 8.55. The maximum absolute atomic E-state index is 14.7. The molecule has 0 fully saturated rings. The maximum Gasteiger partial charge on any atom is 0.225 e. The van der Waals surface area contributed by atoms with Crippen LogP contribution in [0.2, 0.25) is 0 Å². The maximum atomic E-state index is 14.7. The third-order valence-corrected chi connectivity index (χ3v) is 5.15. The Morgan fingerprint density at radius 1 is 1.10 bits per heavy atom. The quantitative estimate of drug-likeness (QED) is 0.463. The minimum atomic E-state index is -0.471. The van der Waals surface area contributed by atoms with Gasteiger partial charge >= 0.3 is 0 Å². The van der Waals surface area contributed by atoms with E-state index in [1.54, 1.807) is 35.0 Å². The van der Waals surface area contributed by atoms with E-state index in [0.717, 1.165) is 11.1 Å². The Labute approximate surface area is 178 Å². The second-order valence-corrected chi connectivity index (χ2v) is 7.41. The molecule has 1 amide bonds. The number of aryl methyl sites for hydroxylation is 2. The fourth-order valence-corrected chi connectivity index (χ4v) is 3.59. The Bertz CT molecular complexity index is 1230. The van der Waals surface area contributed by atoms with Gasteiger partial charge in [0.25, 0.3) is 0 Å². The molecule has 0 aliphatic rings. The number of pyridine rings is 1. The Morgan fingerprint density at radius 2 is 1.87 bits per heavy atom. The first-order valence-electron chi connectivity index (χ1n) is 9.88. The summed E-state index contributed by atoms with van der Waals surface area (Å²) in [6.45, 7) is 2.12. The molecule has 4 aromatic rings. The third kappa shape index (κ3) is 4.40. The van der Waals surface area contributed by atoms with Gasteiger partial charge in [0.2, 0.25) is 5.91 Å². The first kappa shape index (κ1) is 20.5. The lowest BCUT2D eigenvalue weighted by Crippen LogP contribution is -2.15. The van der Waals surface area contributed by atoms with Gasteiger partial charge in [0.15, 0.2) is 5.88 Å². The van der Waals surface area contributed by atoms with Crippen LogP contribution in [0.3, 0.4) is 0 Å². The van der Waals surface area contributed by atoms with E-state index in [4.69, 9.17) is 0 Å². The molecule has 0 spiro atoms. The zero-order chi connectivity index (χ0) is 22.0. The zero-order valence-corrected chi connectivity index (χ0v) is 16.9. The van der Waals surface area contributed by atoms with Crippen molar-refractivity contribution in [3.8, 4) is 5.88 Å². The normalized spacial score (nSPS) is 11.1. The number of halogens is 2. The average molecular weight is 421 g/mol. The van der Waals surface area contributed by atoms with Crippen molar-refractivity contribution in [3.05, 3.63) is 89.2 Å².